The maximum Gasteiger partial charge on any atom is 0.509 e. The van der Waals surface area contributed by atoms with E-state index in [1.165, 1.54) is 13.1 Å². The molecule has 0 radical (unpaired) electrons. The molecule has 0 aliphatic rings. The number of carbonyl (C=O) groups excluding carboxylic acids is 2. The molecular formula is C20H31FN2O9. The number of nitrogens with zero attached hydrogens (tertiary/aromatic N) is 1. The van der Waals surface area contributed by atoms with E-state index < -0.39 is 67.0 Å². The van der Waals surface area contributed by atoms with Crippen molar-refractivity contribution in [3.63, 3.8) is 0 Å². The number of aromatic nitrogens is 2. The summed E-state index contributed by atoms with van der Waals surface area (Å²) in [6.07, 6.45) is -3.79. The highest BCUT2D eigenvalue weighted by molar-refractivity contribution is 5.61. The Morgan fingerprint density at radius 1 is 1.03 bits per heavy atom. The number of carbonyl (C=O) groups is 2. The van der Waals surface area contributed by atoms with E-state index in [1.54, 1.807) is 41.5 Å². The Morgan fingerprint density at radius 3 is 2.12 bits per heavy atom. The van der Waals surface area contributed by atoms with Crippen LogP contribution in [-0.4, -0.2) is 58.6 Å². The molecule has 182 valence electrons. The van der Waals surface area contributed by atoms with Crippen LogP contribution in [0.3, 0.4) is 0 Å². The van der Waals surface area contributed by atoms with Crippen LogP contribution in [0.15, 0.2) is 15.8 Å². The second-order valence-corrected chi connectivity index (χ2v) is 8.93. The third kappa shape index (κ3) is 9.94. The highest BCUT2D eigenvalue weighted by atomic mass is 19.1. The maximum absolute atomic E-state index is 13.7. The second-order valence-electron chi connectivity index (χ2n) is 8.93. The van der Waals surface area contributed by atoms with E-state index in [4.69, 9.17) is 23.7 Å². The highest BCUT2D eigenvalue weighted by Crippen LogP contribution is 2.14. The molecule has 32 heavy (non-hydrogen) atoms. The van der Waals surface area contributed by atoms with Gasteiger partial charge in [-0.2, -0.15) is 0 Å². The van der Waals surface area contributed by atoms with E-state index in [1.807, 2.05) is 0 Å². The molecule has 0 amide bonds. The van der Waals surface area contributed by atoms with Crippen LogP contribution in [0.1, 0.15) is 47.1 Å². The summed E-state index contributed by atoms with van der Waals surface area (Å²) in [6.45, 7) is 8.97. The van der Waals surface area contributed by atoms with Gasteiger partial charge >= 0.3 is 18.0 Å². The van der Waals surface area contributed by atoms with Gasteiger partial charge in [-0.25, -0.2) is 18.8 Å². The smallest absolute Gasteiger partial charge is 0.431 e. The van der Waals surface area contributed by atoms with Crippen LogP contribution in [0.2, 0.25) is 0 Å². The third-order valence-electron chi connectivity index (χ3n) is 3.58. The van der Waals surface area contributed by atoms with E-state index >= 15 is 0 Å². The molecule has 12 heteroatoms. The Morgan fingerprint density at radius 2 is 1.59 bits per heavy atom. The topological polar surface area (TPSA) is 135 Å². The quantitative estimate of drug-likeness (QED) is 0.578. The van der Waals surface area contributed by atoms with Gasteiger partial charge in [0.1, 0.15) is 37.3 Å². The van der Waals surface area contributed by atoms with E-state index in [9.17, 15) is 23.6 Å². The van der Waals surface area contributed by atoms with Gasteiger partial charge in [0.2, 0.25) is 0 Å². The lowest BCUT2D eigenvalue weighted by molar-refractivity contribution is -0.122. The maximum atomic E-state index is 13.7. The first-order chi connectivity index (χ1) is 14.6. The number of nitrogens with one attached hydrogen (secondary N) is 1. The molecule has 1 rings (SSSR count). The number of ether oxygens (including phenoxy) is 5. The molecular weight excluding hydrogens is 431 g/mol. The molecule has 11 nitrogen and oxygen atoms in total. The largest absolute Gasteiger partial charge is 0.509 e. The molecule has 2 atom stereocenters. The van der Waals surface area contributed by atoms with Crippen LogP contribution in [0.5, 0.6) is 0 Å². The lowest BCUT2D eigenvalue weighted by Gasteiger charge is -2.27. The minimum atomic E-state index is -1.52. The molecule has 0 saturated heterocycles. The van der Waals surface area contributed by atoms with Crippen LogP contribution in [0.25, 0.3) is 0 Å². The number of halogens is 1. The normalized spacial score (nSPS) is 13.8. The van der Waals surface area contributed by atoms with Gasteiger partial charge in [0, 0.05) is 11.8 Å². The number of alkyl halides is 1. The Hall–Kier alpha value is -2.89. The first-order valence-corrected chi connectivity index (χ1v) is 9.84. The van der Waals surface area contributed by atoms with Crippen LogP contribution < -0.4 is 11.2 Å². The third-order valence-corrected chi connectivity index (χ3v) is 3.58. The van der Waals surface area contributed by atoms with Crippen molar-refractivity contribution in [3.8, 4) is 0 Å². The lowest BCUT2D eigenvalue weighted by Crippen LogP contribution is -2.42. The zero-order valence-corrected chi connectivity index (χ0v) is 19.4. The van der Waals surface area contributed by atoms with Crippen LogP contribution in [0, 0.1) is 6.92 Å². The van der Waals surface area contributed by atoms with Gasteiger partial charge in [0.05, 0.1) is 0 Å². The summed E-state index contributed by atoms with van der Waals surface area (Å²) >= 11 is 0. The molecule has 0 aliphatic carbocycles. The van der Waals surface area contributed by atoms with Crippen molar-refractivity contribution in [1.29, 1.82) is 0 Å². The molecule has 1 heterocycles. The predicted octanol–water partition coefficient (Wildman–Crippen LogP) is 2.43. The second kappa shape index (κ2) is 11.1. The van der Waals surface area contributed by atoms with Gasteiger partial charge in [-0.15, -0.1) is 0 Å². The molecule has 1 N–H and O–H groups in total. The SMILES string of the molecule is Cc1cn(CO[C@H](COC(=O)OC(C)(C)C)C(CF)OC(=O)OC(C)(C)C)c(=O)[nH]c1=O. The fraction of sp³-hybridized carbons (Fsp3) is 0.700. The fourth-order valence-corrected chi connectivity index (χ4v) is 2.19. The van der Waals surface area contributed by atoms with Crippen LogP contribution >= 0.6 is 0 Å². The minimum Gasteiger partial charge on any atom is -0.431 e. The van der Waals surface area contributed by atoms with Crippen molar-refractivity contribution < 1.29 is 37.7 Å². The molecule has 0 spiro atoms. The number of aromatic amines is 1. The standard InChI is InChI=1S/C20H31FN2O9/c1-12-9-23(16(25)22-15(12)24)11-29-14(10-28-17(26)31-19(2,3)4)13(8-21)30-18(27)32-20(5,6)7/h9,13-14H,8,10-11H2,1-7H3,(H,22,24,25)/t13?,14-/m1/s1. The van der Waals surface area contributed by atoms with Crippen LogP contribution in [0.4, 0.5) is 14.0 Å². The zero-order valence-electron chi connectivity index (χ0n) is 19.4. The van der Waals surface area contributed by atoms with E-state index in [2.05, 4.69) is 4.98 Å². The molecule has 0 aromatic carbocycles. The minimum absolute atomic E-state index is 0.238. The molecule has 0 saturated carbocycles. The van der Waals surface area contributed by atoms with E-state index in [0.717, 1.165) is 4.57 Å². The average molecular weight is 462 g/mol. The van der Waals surface area contributed by atoms with E-state index in [0.29, 0.717) is 0 Å². The molecule has 0 aliphatic heterocycles. The molecule has 0 fully saturated rings. The molecule has 1 aromatic rings. The van der Waals surface area contributed by atoms with Gasteiger partial charge in [-0.1, -0.05) is 0 Å². The molecule has 1 aromatic heterocycles. The number of hydrogen-bond donors (Lipinski definition) is 1. The summed E-state index contributed by atoms with van der Waals surface area (Å²) in [5.41, 5.74) is -2.81. The Labute approximate surface area is 184 Å². The fourth-order valence-electron chi connectivity index (χ4n) is 2.19. The summed E-state index contributed by atoms with van der Waals surface area (Å²) in [6, 6.07) is 0. The van der Waals surface area contributed by atoms with Crippen molar-refractivity contribution in [2.24, 2.45) is 0 Å². The molecule has 0 bridgehead atoms. The van der Waals surface area contributed by atoms with Gasteiger partial charge in [-0.3, -0.25) is 14.3 Å². The number of H-pyrrole nitrogens is 1. The number of hydrogen-bond acceptors (Lipinski definition) is 9. The Kier molecular flexibility index (Phi) is 9.43. The van der Waals surface area contributed by atoms with Gasteiger partial charge in [0.25, 0.3) is 5.56 Å². The first kappa shape index (κ1) is 27.1. The Balaban J connectivity index is 2.98. The summed E-state index contributed by atoms with van der Waals surface area (Å²) in [5.74, 6) is 0. The van der Waals surface area contributed by atoms with Crippen molar-refractivity contribution in [2.45, 2.75) is 78.6 Å². The lowest BCUT2D eigenvalue weighted by atomic mass is 10.2. The number of rotatable bonds is 8. The monoisotopic (exact) mass is 462 g/mol. The predicted molar refractivity (Wildman–Crippen MR) is 110 cm³/mol. The first-order valence-electron chi connectivity index (χ1n) is 9.84. The van der Waals surface area contributed by atoms with Gasteiger partial charge in [0.15, 0.2) is 6.10 Å². The summed E-state index contributed by atoms with van der Waals surface area (Å²) in [5, 5.41) is 0. The van der Waals surface area contributed by atoms with Crippen molar-refractivity contribution in [1.82, 2.24) is 9.55 Å². The van der Waals surface area contributed by atoms with E-state index in [-0.39, 0.29) is 5.56 Å². The van der Waals surface area contributed by atoms with Gasteiger partial charge < -0.3 is 23.7 Å². The summed E-state index contributed by atoms with van der Waals surface area (Å²) < 4.78 is 40.2. The molecule has 1 unspecified atom stereocenters. The van der Waals surface area contributed by atoms with Crippen molar-refractivity contribution in [2.75, 3.05) is 13.3 Å². The summed E-state index contributed by atoms with van der Waals surface area (Å²) in [7, 11) is 0. The van der Waals surface area contributed by atoms with Crippen molar-refractivity contribution >= 4 is 12.3 Å². The Bertz CT molecular complexity index is 896. The average Bonchev–Trinajstić information content (AvgIpc) is 2.61. The number of aryl methyl sites for hydroxylation is 1. The zero-order chi connectivity index (χ0) is 24.7. The van der Waals surface area contributed by atoms with Crippen LogP contribution in [-0.2, 0) is 30.4 Å². The van der Waals surface area contributed by atoms with Crippen molar-refractivity contribution in [3.05, 3.63) is 32.6 Å². The highest BCUT2D eigenvalue weighted by Gasteiger charge is 2.31. The summed E-state index contributed by atoms with van der Waals surface area (Å²) in [4.78, 5) is 49.4. The van der Waals surface area contributed by atoms with Gasteiger partial charge in [-0.05, 0) is 48.5 Å².